The Morgan fingerprint density at radius 2 is 1.87 bits per heavy atom. The summed E-state index contributed by atoms with van der Waals surface area (Å²) in [7, 11) is 0. The van der Waals surface area contributed by atoms with E-state index in [-0.39, 0.29) is 19.2 Å². The van der Waals surface area contributed by atoms with Gasteiger partial charge in [-0.15, -0.1) is 0 Å². The van der Waals surface area contributed by atoms with Gasteiger partial charge in [-0.1, -0.05) is 17.2 Å². The first kappa shape index (κ1) is 11.7. The molecule has 0 atom stereocenters. The molecule has 0 saturated heterocycles. The minimum atomic E-state index is -0.324. The molecule has 82 valence electrons. The zero-order valence-electron chi connectivity index (χ0n) is 9.12. The number of rotatable bonds is 4. The normalized spacial score (nSPS) is 10.1. The van der Waals surface area contributed by atoms with Gasteiger partial charge in [0, 0.05) is 13.0 Å². The van der Waals surface area contributed by atoms with Crippen molar-refractivity contribution in [1.82, 2.24) is 0 Å². The molecule has 0 fully saturated rings. The molecule has 1 aromatic rings. The van der Waals surface area contributed by atoms with Gasteiger partial charge < -0.3 is 9.84 Å². The molecule has 3 nitrogen and oxygen atoms in total. The summed E-state index contributed by atoms with van der Waals surface area (Å²) in [5.41, 5.74) is 2.67. The molecule has 0 aromatic heterocycles. The average molecular weight is 208 g/mol. The van der Waals surface area contributed by atoms with E-state index in [4.69, 9.17) is 9.84 Å². The van der Waals surface area contributed by atoms with E-state index in [1.54, 1.807) is 12.1 Å². The standard InChI is InChI=1S/C12H16O3/c1-9-6-10(2)8-11(7-9)12(14)15-5-3-4-13/h6-8,13H,3-5H2,1-2H3. The third-order valence-electron chi connectivity index (χ3n) is 1.99. The lowest BCUT2D eigenvalue weighted by Gasteiger charge is -2.05. The summed E-state index contributed by atoms with van der Waals surface area (Å²) in [6.45, 7) is 4.19. The summed E-state index contributed by atoms with van der Waals surface area (Å²) in [5, 5.41) is 8.55. The summed E-state index contributed by atoms with van der Waals surface area (Å²) in [6.07, 6.45) is 0.483. The predicted octanol–water partition coefficient (Wildman–Crippen LogP) is 1.84. The van der Waals surface area contributed by atoms with Crippen LogP contribution in [0.3, 0.4) is 0 Å². The van der Waals surface area contributed by atoms with Crippen molar-refractivity contribution in [2.24, 2.45) is 0 Å². The van der Waals surface area contributed by atoms with Gasteiger partial charge >= 0.3 is 5.97 Å². The van der Waals surface area contributed by atoms with Crippen LogP contribution in [0.5, 0.6) is 0 Å². The highest BCUT2D eigenvalue weighted by molar-refractivity contribution is 5.89. The van der Waals surface area contributed by atoms with Crippen LogP contribution in [0.4, 0.5) is 0 Å². The smallest absolute Gasteiger partial charge is 0.338 e. The third-order valence-corrected chi connectivity index (χ3v) is 1.99. The summed E-state index contributed by atoms with van der Waals surface area (Å²) in [5.74, 6) is -0.324. The van der Waals surface area contributed by atoms with Crippen LogP contribution in [0, 0.1) is 13.8 Å². The summed E-state index contributed by atoms with van der Waals surface area (Å²) >= 11 is 0. The Bertz CT molecular complexity index is 324. The number of aliphatic hydroxyl groups is 1. The number of hydrogen-bond acceptors (Lipinski definition) is 3. The average Bonchev–Trinajstić information content (AvgIpc) is 2.16. The van der Waals surface area contributed by atoms with Crippen LogP contribution in [-0.2, 0) is 4.74 Å². The number of esters is 1. The lowest BCUT2D eigenvalue weighted by molar-refractivity contribution is 0.0482. The Labute approximate surface area is 89.7 Å². The number of aryl methyl sites for hydroxylation is 2. The molecule has 1 rings (SSSR count). The molecule has 0 heterocycles. The number of carbonyl (C=O) groups is 1. The quantitative estimate of drug-likeness (QED) is 0.606. The van der Waals surface area contributed by atoms with Crippen molar-refractivity contribution in [3.05, 3.63) is 34.9 Å². The lowest BCUT2D eigenvalue weighted by Crippen LogP contribution is -2.07. The topological polar surface area (TPSA) is 46.5 Å². The van der Waals surface area contributed by atoms with E-state index >= 15 is 0 Å². The minimum absolute atomic E-state index is 0.0418. The van der Waals surface area contributed by atoms with E-state index in [9.17, 15) is 4.79 Å². The number of ether oxygens (including phenoxy) is 1. The fourth-order valence-corrected chi connectivity index (χ4v) is 1.41. The molecule has 0 radical (unpaired) electrons. The first-order valence-electron chi connectivity index (χ1n) is 5.00. The van der Waals surface area contributed by atoms with Gasteiger partial charge in [0.25, 0.3) is 0 Å². The van der Waals surface area contributed by atoms with Gasteiger partial charge in [-0.3, -0.25) is 0 Å². The lowest BCUT2D eigenvalue weighted by atomic mass is 10.1. The van der Waals surface area contributed by atoms with Crippen molar-refractivity contribution in [3.63, 3.8) is 0 Å². The zero-order chi connectivity index (χ0) is 11.3. The van der Waals surface area contributed by atoms with Crippen LogP contribution in [0.25, 0.3) is 0 Å². The highest BCUT2D eigenvalue weighted by Crippen LogP contribution is 2.10. The van der Waals surface area contributed by atoms with Crippen molar-refractivity contribution in [1.29, 1.82) is 0 Å². The van der Waals surface area contributed by atoms with Crippen molar-refractivity contribution in [2.75, 3.05) is 13.2 Å². The molecule has 0 bridgehead atoms. The molecule has 0 saturated carbocycles. The molecule has 0 spiro atoms. The first-order chi connectivity index (χ1) is 7.13. The Morgan fingerprint density at radius 3 is 2.40 bits per heavy atom. The summed E-state index contributed by atoms with van der Waals surface area (Å²) in [6, 6.07) is 5.60. The van der Waals surface area contributed by atoms with Crippen molar-refractivity contribution >= 4 is 5.97 Å². The zero-order valence-corrected chi connectivity index (χ0v) is 9.12. The first-order valence-corrected chi connectivity index (χ1v) is 5.00. The molecule has 1 N–H and O–H groups in total. The van der Waals surface area contributed by atoms with Gasteiger partial charge in [-0.05, 0) is 26.0 Å². The fraction of sp³-hybridized carbons (Fsp3) is 0.417. The SMILES string of the molecule is Cc1cc(C)cc(C(=O)OCCCO)c1. The maximum atomic E-state index is 11.5. The number of carbonyl (C=O) groups excluding carboxylic acids is 1. The third kappa shape index (κ3) is 3.72. The summed E-state index contributed by atoms with van der Waals surface area (Å²) < 4.78 is 4.98. The summed E-state index contributed by atoms with van der Waals surface area (Å²) in [4.78, 5) is 11.5. The van der Waals surface area contributed by atoms with Crippen LogP contribution >= 0.6 is 0 Å². The van der Waals surface area contributed by atoms with E-state index in [1.165, 1.54) is 0 Å². The molecular formula is C12H16O3. The van der Waals surface area contributed by atoms with Gasteiger partial charge in [0.2, 0.25) is 0 Å². The van der Waals surface area contributed by atoms with E-state index in [1.807, 2.05) is 19.9 Å². The highest BCUT2D eigenvalue weighted by Gasteiger charge is 2.07. The Balaban J connectivity index is 2.65. The second-order valence-corrected chi connectivity index (χ2v) is 3.59. The van der Waals surface area contributed by atoms with Crippen LogP contribution in [-0.4, -0.2) is 24.3 Å². The molecule has 1 aromatic carbocycles. The van der Waals surface area contributed by atoms with Gasteiger partial charge in [0.1, 0.15) is 0 Å². The number of hydrogen-bond donors (Lipinski definition) is 1. The van der Waals surface area contributed by atoms with Gasteiger partial charge in [0.15, 0.2) is 0 Å². The second kappa shape index (κ2) is 5.51. The van der Waals surface area contributed by atoms with Gasteiger partial charge in [-0.2, -0.15) is 0 Å². The van der Waals surface area contributed by atoms with Crippen LogP contribution in [0.1, 0.15) is 27.9 Å². The molecule has 0 aliphatic carbocycles. The van der Waals surface area contributed by atoms with Crippen LogP contribution in [0.2, 0.25) is 0 Å². The van der Waals surface area contributed by atoms with E-state index in [0.29, 0.717) is 12.0 Å². The van der Waals surface area contributed by atoms with Gasteiger partial charge in [-0.25, -0.2) is 4.79 Å². The Kier molecular flexibility index (Phi) is 4.31. The molecule has 0 aliphatic rings. The van der Waals surface area contributed by atoms with Crippen molar-refractivity contribution < 1.29 is 14.6 Å². The van der Waals surface area contributed by atoms with Gasteiger partial charge in [0.05, 0.1) is 12.2 Å². The maximum Gasteiger partial charge on any atom is 0.338 e. The Morgan fingerprint density at radius 1 is 1.27 bits per heavy atom. The Hall–Kier alpha value is -1.35. The molecule has 0 aliphatic heterocycles. The molecule has 0 amide bonds. The van der Waals surface area contributed by atoms with E-state index in [0.717, 1.165) is 11.1 Å². The van der Waals surface area contributed by atoms with Crippen LogP contribution < -0.4 is 0 Å². The van der Waals surface area contributed by atoms with E-state index in [2.05, 4.69) is 0 Å². The number of aliphatic hydroxyl groups excluding tert-OH is 1. The maximum absolute atomic E-state index is 11.5. The second-order valence-electron chi connectivity index (χ2n) is 3.59. The fourth-order valence-electron chi connectivity index (χ4n) is 1.41. The number of benzene rings is 1. The largest absolute Gasteiger partial charge is 0.462 e. The van der Waals surface area contributed by atoms with Crippen LogP contribution in [0.15, 0.2) is 18.2 Å². The highest BCUT2D eigenvalue weighted by atomic mass is 16.5. The monoisotopic (exact) mass is 208 g/mol. The van der Waals surface area contributed by atoms with E-state index < -0.39 is 0 Å². The van der Waals surface area contributed by atoms with Crippen molar-refractivity contribution in [3.8, 4) is 0 Å². The molecule has 15 heavy (non-hydrogen) atoms. The molecular weight excluding hydrogens is 192 g/mol. The molecule has 3 heteroatoms. The van der Waals surface area contributed by atoms with Crippen molar-refractivity contribution in [2.45, 2.75) is 20.3 Å². The predicted molar refractivity (Wildman–Crippen MR) is 57.9 cm³/mol. The molecule has 0 unspecified atom stereocenters. The minimum Gasteiger partial charge on any atom is -0.462 e.